The van der Waals surface area contributed by atoms with E-state index in [1.165, 1.54) is 38.6 Å². The Morgan fingerprint density at radius 2 is 2.00 bits per heavy atom. The van der Waals surface area contributed by atoms with Gasteiger partial charge in [-0.1, -0.05) is 12.8 Å². The molecule has 3 nitrogen and oxygen atoms in total. The van der Waals surface area contributed by atoms with Crippen LogP contribution < -0.4 is 0 Å². The lowest BCUT2D eigenvalue weighted by Gasteiger charge is -2.37. The summed E-state index contributed by atoms with van der Waals surface area (Å²) in [5.41, 5.74) is 0. The summed E-state index contributed by atoms with van der Waals surface area (Å²) in [5, 5.41) is 18.7. The van der Waals surface area contributed by atoms with E-state index in [1.54, 1.807) is 0 Å². The molecule has 0 bridgehead atoms. The Morgan fingerprint density at radius 3 is 2.76 bits per heavy atom. The second-order valence-electron chi connectivity index (χ2n) is 5.52. The Labute approximate surface area is 104 Å². The van der Waals surface area contributed by atoms with Gasteiger partial charge in [0.15, 0.2) is 0 Å². The van der Waals surface area contributed by atoms with E-state index in [2.05, 4.69) is 11.0 Å². The van der Waals surface area contributed by atoms with Gasteiger partial charge in [-0.2, -0.15) is 5.26 Å². The van der Waals surface area contributed by atoms with E-state index in [4.69, 9.17) is 5.26 Å². The minimum absolute atomic E-state index is 0.0784. The Hall–Kier alpha value is -0.590. The van der Waals surface area contributed by atoms with Crippen molar-refractivity contribution in [2.45, 2.75) is 63.5 Å². The molecule has 1 N–H and O–H groups in total. The fourth-order valence-electron chi connectivity index (χ4n) is 3.56. The molecule has 0 aromatic rings. The van der Waals surface area contributed by atoms with Gasteiger partial charge in [0, 0.05) is 18.4 Å². The van der Waals surface area contributed by atoms with E-state index in [1.807, 2.05) is 0 Å². The summed E-state index contributed by atoms with van der Waals surface area (Å²) in [6, 6.07) is 2.81. The van der Waals surface area contributed by atoms with Crippen LogP contribution in [0.25, 0.3) is 0 Å². The predicted octanol–water partition coefficient (Wildman–Crippen LogP) is 2.31. The van der Waals surface area contributed by atoms with Gasteiger partial charge in [0.1, 0.15) is 0 Å². The van der Waals surface area contributed by atoms with E-state index in [0.29, 0.717) is 18.4 Å². The zero-order valence-corrected chi connectivity index (χ0v) is 10.6. The second-order valence-corrected chi connectivity index (χ2v) is 5.52. The number of hydrogen-bond acceptors (Lipinski definition) is 3. The third kappa shape index (κ3) is 3.20. The third-order valence-electron chi connectivity index (χ3n) is 4.42. The van der Waals surface area contributed by atoms with Crippen LogP contribution in [-0.4, -0.2) is 35.2 Å². The lowest BCUT2D eigenvalue weighted by Crippen LogP contribution is -2.42. The molecule has 3 unspecified atom stereocenters. The highest BCUT2D eigenvalue weighted by Crippen LogP contribution is 2.34. The summed E-state index contributed by atoms with van der Waals surface area (Å²) < 4.78 is 0. The molecule has 1 heterocycles. The van der Waals surface area contributed by atoms with E-state index < -0.39 is 0 Å². The number of nitrogens with zero attached hydrogens (tertiary/aromatic N) is 2. The summed E-state index contributed by atoms with van der Waals surface area (Å²) >= 11 is 0. The summed E-state index contributed by atoms with van der Waals surface area (Å²) in [5.74, 6) is 0.494. The number of rotatable bonds is 4. The van der Waals surface area contributed by atoms with Gasteiger partial charge in [0.2, 0.25) is 0 Å². The van der Waals surface area contributed by atoms with Gasteiger partial charge < -0.3 is 5.11 Å². The minimum Gasteiger partial charge on any atom is -0.393 e. The van der Waals surface area contributed by atoms with Crippen molar-refractivity contribution in [1.29, 1.82) is 5.26 Å². The normalized spacial score (nSPS) is 34.7. The van der Waals surface area contributed by atoms with Crippen molar-refractivity contribution in [1.82, 2.24) is 4.90 Å². The van der Waals surface area contributed by atoms with Gasteiger partial charge in [-0.15, -0.1) is 0 Å². The van der Waals surface area contributed by atoms with Crippen LogP contribution in [0.2, 0.25) is 0 Å². The van der Waals surface area contributed by atoms with Gasteiger partial charge >= 0.3 is 0 Å². The van der Waals surface area contributed by atoms with Crippen LogP contribution in [-0.2, 0) is 0 Å². The molecule has 2 rings (SSSR count). The van der Waals surface area contributed by atoms with Gasteiger partial charge in [0.25, 0.3) is 0 Å². The van der Waals surface area contributed by atoms with Crippen LogP contribution in [0.3, 0.4) is 0 Å². The van der Waals surface area contributed by atoms with Crippen molar-refractivity contribution in [3.63, 3.8) is 0 Å². The van der Waals surface area contributed by atoms with Crippen LogP contribution in [0.15, 0.2) is 0 Å². The van der Waals surface area contributed by atoms with Crippen molar-refractivity contribution in [3.8, 4) is 6.07 Å². The highest BCUT2D eigenvalue weighted by molar-refractivity contribution is 4.90. The maximum atomic E-state index is 10.1. The lowest BCUT2D eigenvalue weighted by atomic mass is 9.80. The molecule has 1 aliphatic carbocycles. The first-order chi connectivity index (χ1) is 8.33. The second kappa shape index (κ2) is 6.37. The van der Waals surface area contributed by atoms with Crippen LogP contribution in [0, 0.1) is 17.2 Å². The molecule has 3 heteroatoms. The minimum atomic E-state index is -0.0784. The molecule has 17 heavy (non-hydrogen) atoms. The van der Waals surface area contributed by atoms with Crippen molar-refractivity contribution in [3.05, 3.63) is 0 Å². The molecule has 0 amide bonds. The molecular weight excluding hydrogens is 212 g/mol. The third-order valence-corrected chi connectivity index (χ3v) is 4.42. The average molecular weight is 236 g/mol. The van der Waals surface area contributed by atoms with Crippen LogP contribution >= 0.6 is 0 Å². The lowest BCUT2D eigenvalue weighted by molar-refractivity contribution is 0.0220. The Kier molecular flexibility index (Phi) is 4.82. The Morgan fingerprint density at radius 1 is 1.18 bits per heavy atom. The van der Waals surface area contributed by atoms with Gasteiger partial charge in [-0.3, -0.25) is 4.90 Å². The summed E-state index contributed by atoms with van der Waals surface area (Å²) in [6.07, 6.45) is 8.74. The van der Waals surface area contributed by atoms with E-state index in [9.17, 15) is 5.11 Å². The highest BCUT2D eigenvalue weighted by atomic mass is 16.3. The molecule has 1 aliphatic heterocycles. The first-order valence-corrected chi connectivity index (χ1v) is 7.12. The molecule has 96 valence electrons. The number of nitriles is 1. The molecule has 2 aliphatic rings. The molecule has 0 aromatic carbocycles. The van der Waals surface area contributed by atoms with Crippen LogP contribution in [0.1, 0.15) is 51.4 Å². The fourth-order valence-corrected chi connectivity index (χ4v) is 3.56. The SMILES string of the molecule is N#CCCCN1CCCC1C1CCCCC1O. The maximum Gasteiger partial charge on any atom is 0.0622 e. The van der Waals surface area contributed by atoms with Crippen LogP contribution in [0.4, 0.5) is 0 Å². The highest BCUT2D eigenvalue weighted by Gasteiger charge is 2.36. The molecule has 1 saturated carbocycles. The monoisotopic (exact) mass is 236 g/mol. The number of unbranched alkanes of at least 4 members (excludes halogenated alkanes) is 1. The van der Waals surface area contributed by atoms with Gasteiger partial charge in [-0.25, -0.2) is 0 Å². The molecule has 0 radical (unpaired) electrons. The molecule has 1 saturated heterocycles. The number of hydrogen-bond donors (Lipinski definition) is 1. The average Bonchev–Trinajstić information content (AvgIpc) is 2.78. The molecule has 2 fully saturated rings. The first kappa shape index (κ1) is 12.9. The smallest absolute Gasteiger partial charge is 0.0622 e. The van der Waals surface area contributed by atoms with Gasteiger partial charge in [-0.05, 0) is 45.2 Å². The summed E-state index contributed by atoms with van der Waals surface area (Å²) in [6.45, 7) is 2.21. The predicted molar refractivity (Wildman–Crippen MR) is 67.4 cm³/mol. The van der Waals surface area contributed by atoms with E-state index in [-0.39, 0.29) is 6.10 Å². The van der Waals surface area contributed by atoms with Crippen molar-refractivity contribution < 1.29 is 5.11 Å². The van der Waals surface area contributed by atoms with E-state index in [0.717, 1.165) is 19.4 Å². The standard InChI is InChI=1S/C14H24N2O/c15-9-3-4-10-16-11-5-7-13(16)12-6-1-2-8-14(12)17/h12-14,17H,1-8,10-11H2. The summed E-state index contributed by atoms with van der Waals surface area (Å²) in [7, 11) is 0. The van der Waals surface area contributed by atoms with Crippen molar-refractivity contribution in [2.75, 3.05) is 13.1 Å². The zero-order chi connectivity index (χ0) is 12.1. The quantitative estimate of drug-likeness (QED) is 0.762. The first-order valence-electron chi connectivity index (χ1n) is 7.12. The van der Waals surface area contributed by atoms with E-state index >= 15 is 0 Å². The Balaban J connectivity index is 1.87. The summed E-state index contributed by atoms with van der Waals surface area (Å²) in [4.78, 5) is 2.52. The van der Waals surface area contributed by atoms with Gasteiger partial charge in [0.05, 0.1) is 12.2 Å². The number of aliphatic hydroxyl groups is 1. The molecule has 0 aromatic heterocycles. The maximum absolute atomic E-state index is 10.1. The number of aliphatic hydroxyl groups excluding tert-OH is 1. The molecule has 0 spiro atoms. The fraction of sp³-hybridized carbons (Fsp3) is 0.929. The largest absolute Gasteiger partial charge is 0.393 e. The number of likely N-dealkylation sites (tertiary alicyclic amines) is 1. The van der Waals surface area contributed by atoms with Crippen LogP contribution in [0.5, 0.6) is 0 Å². The van der Waals surface area contributed by atoms with Crippen molar-refractivity contribution in [2.24, 2.45) is 5.92 Å². The Bertz CT molecular complexity index is 274. The molecular formula is C14H24N2O. The topological polar surface area (TPSA) is 47.3 Å². The van der Waals surface area contributed by atoms with Crippen molar-refractivity contribution >= 4 is 0 Å². The zero-order valence-electron chi connectivity index (χ0n) is 10.6. The molecule has 3 atom stereocenters.